The summed E-state index contributed by atoms with van der Waals surface area (Å²) in [6, 6.07) is 3.52. The normalized spacial score (nSPS) is 11.5. The minimum atomic E-state index is -0.529. The van der Waals surface area contributed by atoms with Crippen LogP contribution in [0.25, 0.3) is 0 Å². The highest BCUT2D eigenvalue weighted by Gasteiger charge is 2.18. The van der Waals surface area contributed by atoms with Crippen LogP contribution >= 0.6 is 0 Å². The molecule has 0 saturated carbocycles. The molecule has 1 heterocycles. The van der Waals surface area contributed by atoms with Crippen LogP contribution in [0.3, 0.4) is 0 Å². The summed E-state index contributed by atoms with van der Waals surface area (Å²) in [5.74, 6) is 0.0139. The molecule has 0 fully saturated rings. The minimum Gasteiger partial charge on any atom is -0.493 e. The molecule has 0 aromatic carbocycles. The lowest BCUT2D eigenvalue weighted by atomic mass is 9.97. The van der Waals surface area contributed by atoms with E-state index in [0.717, 1.165) is 0 Å². The van der Waals surface area contributed by atoms with E-state index in [0.29, 0.717) is 5.56 Å². The molecule has 1 aromatic heterocycles. The van der Waals surface area contributed by atoms with Gasteiger partial charge in [-0.2, -0.15) is 0 Å². The van der Waals surface area contributed by atoms with Crippen LogP contribution in [-0.2, 0) is 5.54 Å². The second kappa shape index (κ2) is 2.51. The Bertz CT molecular complexity index is 253. The summed E-state index contributed by atoms with van der Waals surface area (Å²) < 4.78 is 0. The van der Waals surface area contributed by atoms with Crippen LogP contribution in [0.5, 0.6) is 5.88 Å². The average Bonchev–Trinajstić information content (AvgIpc) is 1.86. The van der Waals surface area contributed by atoms with Crippen molar-refractivity contribution in [3.8, 4) is 5.88 Å². The number of aromatic hydroxyl groups is 1. The highest BCUT2D eigenvalue weighted by molar-refractivity contribution is 5.30. The van der Waals surface area contributed by atoms with E-state index in [9.17, 15) is 5.11 Å². The lowest BCUT2D eigenvalue weighted by Crippen LogP contribution is -2.28. The van der Waals surface area contributed by atoms with Crippen molar-refractivity contribution in [1.29, 1.82) is 0 Å². The fraction of sp³-hybridized carbons (Fsp3) is 0.375. The van der Waals surface area contributed by atoms with Gasteiger partial charge in [0, 0.05) is 17.3 Å². The van der Waals surface area contributed by atoms with Crippen LogP contribution in [0, 0.1) is 0 Å². The summed E-state index contributed by atoms with van der Waals surface area (Å²) in [6.45, 7) is 3.65. The second-order valence-corrected chi connectivity index (χ2v) is 3.10. The third-order valence-corrected chi connectivity index (χ3v) is 1.48. The Kier molecular flexibility index (Phi) is 1.83. The molecule has 0 unspecified atom stereocenters. The Labute approximate surface area is 65.9 Å². The van der Waals surface area contributed by atoms with Crippen molar-refractivity contribution in [3.05, 3.63) is 23.9 Å². The van der Waals surface area contributed by atoms with Gasteiger partial charge in [-0.05, 0) is 19.9 Å². The molecular weight excluding hydrogens is 140 g/mol. The molecule has 0 aliphatic heterocycles. The van der Waals surface area contributed by atoms with Gasteiger partial charge in [0.15, 0.2) is 0 Å². The highest BCUT2D eigenvalue weighted by atomic mass is 16.3. The summed E-state index contributed by atoms with van der Waals surface area (Å²) >= 11 is 0. The monoisotopic (exact) mass is 152 g/mol. The van der Waals surface area contributed by atoms with Crippen molar-refractivity contribution in [2.45, 2.75) is 19.4 Å². The first-order valence-electron chi connectivity index (χ1n) is 3.45. The van der Waals surface area contributed by atoms with Crippen LogP contribution < -0.4 is 5.73 Å². The van der Waals surface area contributed by atoms with E-state index in [4.69, 9.17) is 5.73 Å². The summed E-state index contributed by atoms with van der Waals surface area (Å²) in [4.78, 5) is 3.72. The first-order chi connectivity index (χ1) is 5.02. The molecule has 0 atom stereocenters. The topological polar surface area (TPSA) is 59.1 Å². The van der Waals surface area contributed by atoms with Crippen LogP contribution in [-0.4, -0.2) is 10.1 Å². The molecule has 3 N–H and O–H groups in total. The van der Waals surface area contributed by atoms with Crippen molar-refractivity contribution in [1.82, 2.24) is 4.98 Å². The molecule has 0 bridgehead atoms. The SMILES string of the molecule is CC(C)(N)c1cccnc1O. The summed E-state index contributed by atoms with van der Waals surface area (Å²) in [5.41, 5.74) is 5.89. The first-order valence-corrected chi connectivity index (χ1v) is 3.45. The number of hydrogen-bond acceptors (Lipinski definition) is 3. The Morgan fingerprint density at radius 1 is 1.55 bits per heavy atom. The third-order valence-electron chi connectivity index (χ3n) is 1.48. The van der Waals surface area contributed by atoms with Crippen molar-refractivity contribution in [2.24, 2.45) is 5.73 Å². The number of nitrogens with zero attached hydrogens (tertiary/aromatic N) is 1. The van der Waals surface area contributed by atoms with Gasteiger partial charge in [0.2, 0.25) is 5.88 Å². The zero-order chi connectivity index (χ0) is 8.48. The van der Waals surface area contributed by atoms with Gasteiger partial charge >= 0.3 is 0 Å². The van der Waals surface area contributed by atoms with E-state index in [2.05, 4.69) is 4.98 Å². The maximum absolute atomic E-state index is 9.26. The standard InChI is InChI=1S/C8H12N2O/c1-8(2,9)6-4-3-5-10-7(6)11/h3-5H,9H2,1-2H3,(H,10,11). The second-order valence-electron chi connectivity index (χ2n) is 3.10. The van der Waals surface area contributed by atoms with E-state index in [1.807, 2.05) is 13.8 Å². The van der Waals surface area contributed by atoms with Gasteiger partial charge in [-0.1, -0.05) is 6.07 Å². The fourth-order valence-electron chi connectivity index (χ4n) is 0.900. The number of aromatic nitrogens is 1. The van der Waals surface area contributed by atoms with Gasteiger partial charge in [-0.3, -0.25) is 0 Å². The summed E-state index contributed by atoms with van der Waals surface area (Å²) in [5, 5.41) is 9.26. The molecule has 11 heavy (non-hydrogen) atoms. The average molecular weight is 152 g/mol. The van der Waals surface area contributed by atoms with Crippen LogP contribution in [0.15, 0.2) is 18.3 Å². The fourth-order valence-corrected chi connectivity index (χ4v) is 0.900. The largest absolute Gasteiger partial charge is 0.493 e. The maximum Gasteiger partial charge on any atom is 0.215 e. The number of pyridine rings is 1. The van der Waals surface area contributed by atoms with Crippen LogP contribution in [0.1, 0.15) is 19.4 Å². The molecular formula is C8H12N2O. The lowest BCUT2D eigenvalue weighted by Gasteiger charge is -2.18. The van der Waals surface area contributed by atoms with Crippen LogP contribution in [0.2, 0.25) is 0 Å². The minimum absolute atomic E-state index is 0.0139. The zero-order valence-electron chi connectivity index (χ0n) is 6.70. The summed E-state index contributed by atoms with van der Waals surface area (Å²) in [7, 11) is 0. The molecule has 60 valence electrons. The van der Waals surface area contributed by atoms with E-state index < -0.39 is 5.54 Å². The molecule has 0 amide bonds. The van der Waals surface area contributed by atoms with E-state index in [-0.39, 0.29) is 5.88 Å². The predicted octanol–water partition coefficient (Wildman–Crippen LogP) is 0.981. The Hall–Kier alpha value is -1.09. The molecule has 0 spiro atoms. The van der Waals surface area contributed by atoms with Gasteiger partial charge in [-0.15, -0.1) is 0 Å². The zero-order valence-corrected chi connectivity index (χ0v) is 6.70. The quantitative estimate of drug-likeness (QED) is 0.630. The summed E-state index contributed by atoms with van der Waals surface area (Å²) in [6.07, 6.45) is 1.53. The molecule has 0 saturated heterocycles. The highest BCUT2D eigenvalue weighted by Crippen LogP contribution is 2.23. The molecule has 0 aliphatic rings. The molecule has 0 radical (unpaired) electrons. The maximum atomic E-state index is 9.26. The van der Waals surface area contributed by atoms with Gasteiger partial charge in [-0.25, -0.2) is 4.98 Å². The van der Waals surface area contributed by atoms with E-state index >= 15 is 0 Å². The molecule has 1 rings (SSSR count). The van der Waals surface area contributed by atoms with E-state index in [1.54, 1.807) is 12.1 Å². The lowest BCUT2D eigenvalue weighted by molar-refractivity contribution is 0.421. The van der Waals surface area contributed by atoms with Crippen molar-refractivity contribution in [3.63, 3.8) is 0 Å². The Balaban J connectivity index is 3.14. The van der Waals surface area contributed by atoms with Gasteiger partial charge in [0.1, 0.15) is 0 Å². The van der Waals surface area contributed by atoms with Gasteiger partial charge in [0.25, 0.3) is 0 Å². The number of hydrogen-bond donors (Lipinski definition) is 2. The van der Waals surface area contributed by atoms with Crippen molar-refractivity contribution in [2.75, 3.05) is 0 Å². The third kappa shape index (κ3) is 1.68. The smallest absolute Gasteiger partial charge is 0.215 e. The number of nitrogens with two attached hydrogens (primary N) is 1. The van der Waals surface area contributed by atoms with Crippen molar-refractivity contribution < 1.29 is 5.11 Å². The predicted molar refractivity (Wildman–Crippen MR) is 43.1 cm³/mol. The Morgan fingerprint density at radius 3 is 2.55 bits per heavy atom. The van der Waals surface area contributed by atoms with Gasteiger partial charge in [0.05, 0.1) is 0 Å². The van der Waals surface area contributed by atoms with Gasteiger partial charge < -0.3 is 10.8 Å². The molecule has 3 nitrogen and oxygen atoms in total. The van der Waals surface area contributed by atoms with Crippen LogP contribution in [0.4, 0.5) is 0 Å². The Morgan fingerprint density at radius 2 is 2.18 bits per heavy atom. The van der Waals surface area contributed by atoms with E-state index in [1.165, 1.54) is 6.20 Å². The van der Waals surface area contributed by atoms with Crippen molar-refractivity contribution >= 4 is 0 Å². The molecule has 1 aromatic rings. The first kappa shape index (κ1) is 8.01. The number of rotatable bonds is 1. The molecule has 0 aliphatic carbocycles. The molecule has 3 heteroatoms.